The van der Waals surface area contributed by atoms with Crippen molar-refractivity contribution < 1.29 is 28.8 Å². The molecule has 0 saturated carbocycles. The molecular formula is C29H35NO6S. The number of benzene rings is 2. The first-order chi connectivity index (χ1) is 18.1. The van der Waals surface area contributed by atoms with Crippen LogP contribution in [-0.4, -0.2) is 42.5 Å². The molecule has 1 N–H and O–H groups in total. The number of aryl methyl sites for hydroxylation is 1. The average Bonchev–Trinajstić information content (AvgIpc) is 3.44. The van der Waals surface area contributed by atoms with E-state index >= 15 is 0 Å². The number of nitrogens with zero attached hydrogens (tertiary/aromatic N) is 1. The van der Waals surface area contributed by atoms with Gasteiger partial charge in [-0.1, -0.05) is 32.8 Å². The Morgan fingerprint density at radius 1 is 1.08 bits per heavy atom. The number of carbonyl (C=O) groups is 1. The van der Waals surface area contributed by atoms with Crippen LogP contribution >= 0.6 is 11.3 Å². The van der Waals surface area contributed by atoms with Crippen molar-refractivity contribution in [1.29, 1.82) is 0 Å². The number of aromatic nitrogens is 1. The van der Waals surface area contributed by atoms with Crippen LogP contribution < -0.4 is 18.9 Å². The van der Waals surface area contributed by atoms with Crippen LogP contribution in [0.1, 0.15) is 56.2 Å². The smallest absolute Gasteiger partial charge is 0.344 e. The lowest BCUT2D eigenvalue weighted by atomic mass is 9.96. The van der Waals surface area contributed by atoms with Gasteiger partial charge in [-0.05, 0) is 49.4 Å². The zero-order valence-electron chi connectivity index (χ0n) is 21.7. The molecule has 7 nitrogen and oxygen atoms in total. The summed E-state index contributed by atoms with van der Waals surface area (Å²) in [5, 5.41) is 11.4. The number of hydrogen-bond acceptors (Lipinski definition) is 7. The molecule has 1 aliphatic heterocycles. The van der Waals surface area contributed by atoms with Gasteiger partial charge in [0.25, 0.3) is 0 Å². The first-order valence-corrected chi connectivity index (χ1v) is 13.9. The van der Waals surface area contributed by atoms with Crippen LogP contribution in [-0.2, 0) is 24.1 Å². The fraction of sp³-hybridized carbons (Fsp3) is 0.448. The molecule has 37 heavy (non-hydrogen) atoms. The Hall–Kier alpha value is -3.26. The van der Waals surface area contributed by atoms with Crippen LogP contribution in [0.15, 0.2) is 35.2 Å². The molecule has 0 saturated heterocycles. The molecule has 0 fully saturated rings. The summed E-state index contributed by atoms with van der Waals surface area (Å²) in [5.41, 5.74) is 6.77. The SMILES string of the molecule is CCCc1c(OCCCOc2ccc(-c3cscn3)c(OC)c2CCC)ccc2c1OC(C(=O)O)CC2. The molecule has 0 bridgehead atoms. The van der Waals surface area contributed by atoms with Crippen LogP contribution in [0.2, 0.25) is 0 Å². The average molecular weight is 526 g/mol. The molecule has 0 amide bonds. The second-order valence-electron chi connectivity index (χ2n) is 9.06. The van der Waals surface area contributed by atoms with E-state index in [0.717, 1.165) is 70.9 Å². The lowest BCUT2D eigenvalue weighted by molar-refractivity contribution is -0.145. The van der Waals surface area contributed by atoms with Crippen molar-refractivity contribution in [3.63, 3.8) is 0 Å². The highest BCUT2D eigenvalue weighted by Gasteiger charge is 2.28. The minimum Gasteiger partial charge on any atom is -0.496 e. The van der Waals surface area contributed by atoms with Crippen molar-refractivity contribution in [2.45, 2.75) is 64.9 Å². The summed E-state index contributed by atoms with van der Waals surface area (Å²) in [6.45, 7) is 5.22. The molecule has 3 aromatic rings. The van der Waals surface area contributed by atoms with E-state index in [1.807, 2.05) is 35.2 Å². The summed E-state index contributed by atoms with van der Waals surface area (Å²) in [5.74, 6) is 2.17. The third-order valence-electron chi connectivity index (χ3n) is 6.44. The highest BCUT2D eigenvalue weighted by Crippen LogP contribution is 2.40. The molecule has 0 aliphatic carbocycles. The van der Waals surface area contributed by atoms with Crippen LogP contribution in [0.25, 0.3) is 11.3 Å². The lowest BCUT2D eigenvalue weighted by Gasteiger charge is -2.26. The largest absolute Gasteiger partial charge is 0.496 e. The van der Waals surface area contributed by atoms with Gasteiger partial charge in [-0.25, -0.2) is 9.78 Å². The van der Waals surface area contributed by atoms with Crippen molar-refractivity contribution in [2.75, 3.05) is 20.3 Å². The van der Waals surface area contributed by atoms with Gasteiger partial charge < -0.3 is 24.1 Å². The summed E-state index contributed by atoms with van der Waals surface area (Å²) in [6.07, 6.45) is 4.58. The van der Waals surface area contributed by atoms with Gasteiger partial charge in [0.05, 0.1) is 31.5 Å². The minimum atomic E-state index is -0.921. The van der Waals surface area contributed by atoms with Gasteiger partial charge in [-0.2, -0.15) is 0 Å². The van der Waals surface area contributed by atoms with E-state index in [4.69, 9.17) is 18.9 Å². The standard InChI is InChI=1S/C29H35NO6S/c1-4-7-21-24(12-9-19-10-13-26(29(31)32)36-27(19)21)34-15-6-16-35-25-14-11-20(23-17-37-18-30-23)28(33-3)22(25)8-5-2/h9,11-12,14,17-18,26H,4-8,10,13,15-16H2,1-3H3,(H,31,32). The van der Waals surface area contributed by atoms with Crippen molar-refractivity contribution in [3.8, 4) is 34.3 Å². The molecular weight excluding hydrogens is 490 g/mol. The normalized spacial score (nSPS) is 14.5. The van der Waals surface area contributed by atoms with Crippen molar-refractivity contribution in [2.24, 2.45) is 0 Å². The maximum Gasteiger partial charge on any atom is 0.344 e. The predicted molar refractivity (Wildman–Crippen MR) is 145 cm³/mol. The van der Waals surface area contributed by atoms with Gasteiger partial charge in [0.2, 0.25) is 0 Å². The van der Waals surface area contributed by atoms with Gasteiger partial charge in [0, 0.05) is 28.5 Å². The van der Waals surface area contributed by atoms with E-state index in [0.29, 0.717) is 38.2 Å². The van der Waals surface area contributed by atoms with Crippen LogP contribution in [0, 0.1) is 0 Å². The van der Waals surface area contributed by atoms with E-state index in [2.05, 4.69) is 18.8 Å². The highest BCUT2D eigenvalue weighted by atomic mass is 32.1. The van der Waals surface area contributed by atoms with Crippen molar-refractivity contribution in [1.82, 2.24) is 4.98 Å². The van der Waals surface area contributed by atoms with Crippen LogP contribution in [0.5, 0.6) is 23.0 Å². The maximum absolute atomic E-state index is 11.5. The summed E-state index contributed by atoms with van der Waals surface area (Å²) in [7, 11) is 1.69. The number of fused-ring (bicyclic) bond motifs is 1. The summed E-state index contributed by atoms with van der Waals surface area (Å²) >= 11 is 1.56. The molecule has 0 spiro atoms. The molecule has 1 atom stereocenters. The monoisotopic (exact) mass is 525 g/mol. The van der Waals surface area contributed by atoms with Crippen LogP contribution in [0.3, 0.4) is 0 Å². The molecule has 1 aromatic heterocycles. The molecule has 1 aliphatic rings. The van der Waals surface area contributed by atoms with Crippen molar-refractivity contribution >= 4 is 17.3 Å². The number of thiazole rings is 1. The van der Waals surface area contributed by atoms with Gasteiger partial charge in [0.15, 0.2) is 6.10 Å². The fourth-order valence-electron chi connectivity index (χ4n) is 4.72. The number of carboxylic acids is 1. The number of methoxy groups -OCH3 is 1. The number of rotatable bonds is 13. The quantitative estimate of drug-likeness (QED) is 0.260. The zero-order valence-corrected chi connectivity index (χ0v) is 22.6. The number of ether oxygens (including phenoxy) is 4. The number of hydrogen-bond donors (Lipinski definition) is 1. The minimum absolute atomic E-state index is 0.481. The lowest BCUT2D eigenvalue weighted by Crippen LogP contribution is -2.31. The van der Waals surface area contributed by atoms with E-state index in [1.165, 1.54) is 0 Å². The maximum atomic E-state index is 11.5. The van der Waals surface area contributed by atoms with Crippen molar-refractivity contribution in [3.05, 3.63) is 51.8 Å². The summed E-state index contributed by atoms with van der Waals surface area (Å²) < 4.78 is 24.0. The molecule has 2 heterocycles. The molecule has 198 valence electrons. The topological polar surface area (TPSA) is 87.1 Å². The Balaban J connectivity index is 1.41. The van der Waals surface area contributed by atoms with E-state index in [-0.39, 0.29) is 0 Å². The first-order valence-electron chi connectivity index (χ1n) is 13.0. The number of carboxylic acid groups (broad SMARTS) is 1. The van der Waals surface area contributed by atoms with Gasteiger partial charge in [-0.3, -0.25) is 0 Å². The van der Waals surface area contributed by atoms with Gasteiger partial charge >= 0.3 is 5.97 Å². The van der Waals surface area contributed by atoms with Gasteiger partial charge in [0.1, 0.15) is 23.0 Å². The molecule has 4 rings (SSSR count). The summed E-state index contributed by atoms with van der Waals surface area (Å²) in [4.78, 5) is 15.9. The van der Waals surface area contributed by atoms with Gasteiger partial charge in [-0.15, -0.1) is 11.3 Å². The Labute approximate surface area is 222 Å². The molecule has 0 radical (unpaired) electrons. The Kier molecular flexibility index (Phi) is 9.28. The van der Waals surface area contributed by atoms with E-state index in [9.17, 15) is 9.90 Å². The first kappa shape index (κ1) is 26.8. The third-order valence-corrected chi connectivity index (χ3v) is 7.03. The van der Waals surface area contributed by atoms with Crippen LogP contribution in [0.4, 0.5) is 0 Å². The van der Waals surface area contributed by atoms with E-state index in [1.54, 1.807) is 18.4 Å². The predicted octanol–water partition coefficient (Wildman–Crippen LogP) is 6.35. The summed E-state index contributed by atoms with van der Waals surface area (Å²) in [6, 6.07) is 7.98. The fourth-order valence-corrected chi connectivity index (χ4v) is 5.27. The third kappa shape index (κ3) is 6.18. The number of aliphatic carboxylic acids is 1. The molecule has 1 unspecified atom stereocenters. The second kappa shape index (κ2) is 12.8. The highest BCUT2D eigenvalue weighted by molar-refractivity contribution is 7.07. The molecule has 2 aromatic carbocycles. The Morgan fingerprint density at radius 3 is 2.43 bits per heavy atom. The zero-order chi connectivity index (χ0) is 26.2. The molecule has 8 heteroatoms. The Bertz CT molecular complexity index is 1190. The second-order valence-corrected chi connectivity index (χ2v) is 9.78. The Morgan fingerprint density at radius 2 is 1.78 bits per heavy atom. The van der Waals surface area contributed by atoms with E-state index < -0.39 is 12.1 Å².